The van der Waals surface area contributed by atoms with E-state index in [-0.39, 0.29) is 24.0 Å². The molecule has 1 aliphatic heterocycles. The lowest BCUT2D eigenvalue weighted by Gasteiger charge is -2.30. The van der Waals surface area contributed by atoms with Crippen molar-refractivity contribution in [1.29, 1.82) is 0 Å². The van der Waals surface area contributed by atoms with E-state index in [1.807, 2.05) is 6.92 Å². The van der Waals surface area contributed by atoms with Crippen molar-refractivity contribution in [3.8, 4) is 17.1 Å². The van der Waals surface area contributed by atoms with E-state index < -0.39 is 6.23 Å². The van der Waals surface area contributed by atoms with Crippen LogP contribution in [0.5, 0.6) is 5.88 Å². The van der Waals surface area contributed by atoms with Gasteiger partial charge in [0.1, 0.15) is 5.82 Å². The number of carbonyl (C=O) groups excluding carboxylic acids is 1. The monoisotopic (exact) mass is 444 g/mol. The minimum absolute atomic E-state index is 0.170. The summed E-state index contributed by atoms with van der Waals surface area (Å²) in [6.07, 6.45) is -0.606. The maximum atomic E-state index is 13.5. The summed E-state index contributed by atoms with van der Waals surface area (Å²) in [5, 5.41) is 9.45. The number of thioether (sulfide) groups is 1. The first kappa shape index (κ1) is 20.6. The third-order valence-corrected chi connectivity index (χ3v) is 5.52. The number of carbonyl (C=O) groups is 1. The maximum Gasteiger partial charge on any atom is 0.247 e. The Balaban J connectivity index is 1.96. The smallest absolute Gasteiger partial charge is 0.247 e. The van der Waals surface area contributed by atoms with E-state index in [0.717, 1.165) is 5.75 Å². The predicted molar refractivity (Wildman–Crippen MR) is 114 cm³/mol. The second-order valence-electron chi connectivity index (χ2n) is 6.48. The van der Waals surface area contributed by atoms with Crippen molar-refractivity contribution >= 4 is 35.0 Å². The Bertz CT molecular complexity index is 1100. The molecule has 30 heavy (non-hydrogen) atoms. The highest BCUT2D eigenvalue weighted by molar-refractivity contribution is 7.99. The molecule has 1 aromatic heterocycles. The van der Waals surface area contributed by atoms with Gasteiger partial charge in [-0.3, -0.25) is 9.69 Å². The zero-order valence-electron chi connectivity index (χ0n) is 16.3. The summed E-state index contributed by atoms with van der Waals surface area (Å²) in [5.74, 6) is 0.464. The molecule has 1 amide bonds. The average molecular weight is 445 g/mol. The highest BCUT2D eigenvalue weighted by Crippen LogP contribution is 2.44. The maximum absolute atomic E-state index is 13.5. The van der Waals surface area contributed by atoms with E-state index in [1.165, 1.54) is 28.8 Å². The predicted octanol–water partition coefficient (Wildman–Crippen LogP) is 5.28. The van der Waals surface area contributed by atoms with Gasteiger partial charge in [-0.25, -0.2) is 4.39 Å². The van der Waals surface area contributed by atoms with Crippen molar-refractivity contribution < 1.29 is 13.9 Å². The number of fused-ring (bicyclic) bond motifs is 3. The summed E-state index contributed by atoms with van der Waals surface area (Å²) >= 11 is 7.68. The molecule has 1 atom stereocenters. The van der Waals surface area contributed by atoms with E-state index in [1.54, 1.807) is 37.3 Å². The summed E-state index contributed by atoms with van der Waals surface area (Å²) < 4.78 is 19.8. The van der Waals surface area contributed by atoms with Crippen molar-refractivity contribution in [1.82, 2.24) is 15.2 Å². The number of benzene rings is 2. The van der Waals surface area contributed by atoms with Gasteiger partial charge in [-0.1, -0.05) is 49.3 Å². The molecule has 0 radical (unpaired) electrons. The Kier molecular flexibility index (Phi) is 5.87. The minimum Gasteiger partial charge on any atom is -0.447 e. The Hall–Kier alpha value is -2.71. The number of hydrogen-bond acceptors (Lipinski definition) is 6. The summed E-state index contributed by atoms with van der Waals surface area (Å²) in [4.78, 5) is 19.1. The molecule has 0 bridgehead atoms. The van der Waals surface area contributed by atoms with E-state index in [0.29, 0.717) is 32.7 Å². The first-order valence-electron chi connectivity index (χ1n) is 9.43. The molecule has 0 aliphatic carbocycles. The first-order valence-corrected chi connectivity index (χ1v) is 10.8. The molecule has 3 aromatic rings. The van der Waals surface area contributed by atoms with Crippen LogP contribution in [0.4, 0.5) is 10.1 Å². The number of halogens is 2. The summed E-state index contributed by atoms with van der Waals surface area (Å²) in [6, 6.07) is 11.0. The lowest BCUT2D eigenvalue weighted by atomic mass is 10.1. The zero-order chi connectivity index (χ0) is 21.3. The minimum atomic E-state index is -0.851. The van der Waals surface area contributed by atoms with Crippen molar-refractivity contribution in [2.75, 3.05) is 10.7 Å². The number of nitrogens with zero attached hydrogens (tertiary/aromatic N) is 4. The fourth-order valence-corrected chi connectivity index (χ4v) is 3.89. The van der Waals surface area contributed by atoms with E-state index in [9.17, 15) is 9.18 Å². The zero-order valence-corrected chi connectivity index (χ0v) is 17.9. The average Bonchev–Trinajstić information content (AvgIpc) is 2.88. The molecular weight excluding hydrogens is 427 g/mol. The lowest BCUT2D eigenvalue weighted by molar-refractivity contribution is -0.120. The van der Waals surface area contributed by atoms with Crippen LogP contribution in [0.1, 0.15) is 32.1 Å². The molecule has 0 saturated carbocycles. The summed E-state index contributed by atoms with van der Waals surface area (Å²) in [5.41, 5.74) is 2.17. The lowest BCUT2D eigenvalue weighted by Crippen LogP contribution is -2.37. The fourth-order valence-electron chi connectivity index (χ4n) is 3.21. The van der Waals surface area contributed by atoms with E-state index >= 15 is 0 Å². The molecule has 6 nitrogen and oxygen atoms in total. The molecule has 0 unspecified atom stereocenters. The highest BCUT2D eigenvalue weighted by Gasteiger charge is 2.35. The molecule has 0 fully saturated rings. The van der Waals surface area contributed by atoms with Crippen LogP contribution in [0, 0.1) is 5.82 Å². The molecule has 0 spiro atoms. The van der Waals surface area contributed by atoms with Crippen molar-refractivity contribution in [2.24, 2.45) is 0 Å². The molecule has 4 rings (SSSR count). The fraction of sp³-hybridized carbons (Fsp3) is 0.238. The number of hydrogen-bond donors (Lipinski definition) is 0. The van der Waals surface area contributed by atoms with E-state index in [2.05, 4.69) is 15.2 Å². The van der Waals surface area contributed by atoms with Gasteiger partial charge in [0.05, 0.1) is 5.69 Å². The Morgan fingerprint density at radius 1 is 1.20 bits per heavy atom. The van der Waals surface area contributed by atoms with Gasteiger partial charge in [0, 0.05) is 22.6 Å². The highest BCUT2D eigenvalue weighted by atomic mass is 35.5. The van der Waals surface area contributed by atoms with Crippen molar-refractivity contribution in [2.45, 2.75) is 31.7 Å². The van der Waals surface area contributed by atoms with Gasteiger partial charge in [0.25, 0.3) is 0 Å². The van der Waals surface area contributed by atoms with Crippen LogP contribution in [0.25, 0.3) is 11.3 Å². The number of aromatic nitrogens is 3. The first-order chi connectivity index (χ1) is 14.5. The molecule has 2 heterocycles. The molecule has 2 aromatic carbocycles. The van der Waals surface area contributed by atoms with E-state index in [4.69, 9.17) is 16.3 Å². The normalized spacial score (nSPS) is 15.1. The topological polar surface area (TPSA) is 68.2 Å². The van der Waals surface area contributed by atoms with Crippen LogP contribution < -0.4 is 9.64 Å². The van der Waals surface area contributed by atoms with Crippen LogP contribution in [-0.2, 0) is 4.79 Å². The van der Waals surface area contributed by atoms with Gasteiger partial charge in [-0.15, -0.1) is 10.2 Å². The SMILES string of the molecule is CCSc1nnc2c(n1)O[C@@H](c1ccc(F)cc1)N(C(=O)CC)c1ccc(Cl)cc1-2. The van der Waals surface area contributed by atoms with Crippen molar-refractivity contribution in [3.63, 3.8) is 0 Å². The third kappa shape index (κ3) is 3.85. The van der Waals surface area contributed by atoms with Gasteiger partial charge < -0.3 is 4.74 Å². The number of ether oxygens (including phenoxy) is 1. The summed E-state index contributed by atoms with van der Waals surface area (Å²) in [7, 11) is 0. The second-order valence-corrected chi connectivity index (χ2v) is 8.15. The van der Waals surface area contributed by atoms with Crippen LogP contribution in [-0.4, -0.2) is 26.8 Å². The summed E-state index contributed by atoms with van der Waals surface area (Å²) in [6.45, 7) is 3.75. The third-order valence-electron chi connectivity index (χ3n) is 4.57. The standard InChI is InChI=1S/C21H18ClFN4O2S/c1-3-17(28)27-16-10-7-13(22)11-15(16)18-19(24-21(26-25-18)30-4-2)29-20(27)12-5-8-14(23)9-6-12/h5-11,20H,3-4H2,1-2H3/t20-/m0/s1. The largest absolute Gasteiger partial charge is 0.447 e. The molecular formula is C21H18ClFN4O2S. The van der Waals surface area contributed by atoms with Crippen LogP contribution >= 0.6 is 23.4 Å². The van der Waals surface area contributed by atoms with Crippen molar-refractivity contribution in [3.05, 3.63) is 58.9 Å². The number of amides is 1. The van der Waals surface area contributed by atoms with Gasteiger partial charge in [-0.05, 0) is 36.1 Å². The molecule has 0 saturated heterocycles. The van der Waals surface area contributed by atoms with Crippen LogP contribution in [0.2, 0.25) is 5.02 Å². The Morgan fingerprint density at radius 2 is 1.97 bits per heavy atom. The van der Waals surface area contributed by atoms with Gasteiger partial charge in [0.2, 0.25) is 23.2 Å². The molecule has 1 aliphatic rings. The van der Waals surface area contributed by atoms with Gasteiger partial charge in [0.15, 0.2) is 5.69 Å². The molecule has 0 N–H and O–H groups in total. The Labute approximate surface area is 182 Å². The van der Waals surface area contributed by atoms with Gasteiger partial charge >= 0.3 is 0 Å². The van der Waals surface area contributed by atoms with Crippen LogP contribution in [0.3, 0.4) is 0 Å². The second kappa shape index (κ2) is 8.57. The quantitative estimate of drug-likeness (QED) is 0.510. The molecule has 154 valence electrons. The number of rotatable bonds is 4. The van der Waals surface area contributed by atoms with Gasteiger partial charge in [-0.2, -0.15) is 4.98 Å². The Morgan fingerprint density at radius 3 is 2.67 bits per heavy atom. The number of anilines is 1. The molecule has 9 heteroatoms. The van der Waals surface area contributed by atoms with Crippen LogP contribution in [0.15, 0.2) is 47.6 Å².